The molecule has 2 aromatic rings. The first-order valence-corrected chi connectivity index (χ1v) is 8.34. The van der Waals surface area contributed by atoms with Gasteiger partial charge in [0.1, 0.15) is 0 Å². The normalized spacial score (nSPS) is 20.4. The summed E-state index contributed by atoms with van der Waals surface area (Å²) in [6, 6.07) is 12.8. The molecule has 0 saturated carbocycles. The lowest BCUT2D eigenvalue weighted by Crippen LogP contribution is -2.48. The van der Waals surface area contributed by atoms with Gasteiger partial charge in [0.25, 0.3) is 0 Å². The van der Waals surface area contributed by atoms with Gasteiger partial charge in [-0.3, -0.25) is 4.90 Å². The van der Waals surface area contributed by atoms with Gasteiger partial charge in [0.2, 0.25) is 0 Å². The molecule has 23 heavy (non-hydrogen) atoms. The molecule has 1 aromatic carbocycles. The van der Waals surface area contributed by atoms with Crippen molar-refractivity contribution in [3.05, 3.63) is 48.2 Å². The zero-order valence-electron chi connectivity index (χ0n) is 13.5. The molecule has 1 fully saturated rings. The molecular formula is C18H23N5. The van der Waals surface area contributed by atoms with Gasteiger partial charge in [0.05, 0.1) is 17.6 Å². The fourth-order valence-corrected chi connectivity index (χ4v) is 3.48. The molecule has 0 bridgehead atoms. The van der Waals surface area contributed by atoms with Gasteiger partial charge in [0.15, 0.2) is 12.1 Å². The summed E-state index contributed by atoms with van der Waals surface area (Å²) < 4.78 is 0. The van der Waals surface area contributed by atoms with Crippen LogP contribution in [0.4, 0.5) is 17.2 Å². The molecule has 5 heteroatoms. The van der Waals surface area contributed by atoms with Crippen LogP contribution in [0.5, 0.6) is 0 Å². The molecule has 1 aromatic heterocycles. The molecule has 0 aliphatic carbocycles. The largest absolute Gasteiger partial charge is 0.387 e. The Morgan fingerprint density at radius 1 is 1.22 bits per heavy atom. The monoisotopic (exact) mass is 309 g/mol. The van der Waals surface area contributed by atoms with Crippen molar-refractivity contribution in [1.29, 1.82) is 0 Å². The van der Waals surface area contributed by atoms with E-state index in [9.17, 15) is 0 Å². The van der Waals surface area contributed by atoms with Crippen LogP contribution in [0.3, 0.4) is 0 Å². The molecule has 5 nitrogen and oxygen atoms in total. The average Bonchev–Trinajstić information content (AvgIpc) is 3.23. The summed E-state index contributed by atoms with van der Waals surface area (Å²) in [4.78, 5) is 9.55. The number of rotatable bonds is 4. The Bertz CT molecular complexity index is 666. The van der Waals surface area contributed by atoms with E-state index in [0.29, 0.717) is 0 Å². The maximum Gasteiger partial charge on any atom is 0.159 e. The van der Waals surface area contributed by atoms with Gasteiger partial charge in [-0.25, -0.2) is 4.98 Å². The fraction of sp³-hybridized carbons (Fsp3) is 0.389. The predicted molar refractivity (Wildman–Crippen MR) is 94.6 cm³/mol. The lowest BCUT2D eigenvalue weighted by Gasteiger charge is -2.33. The topological polar surface area (TPSA) is 43.4 Å². The highest BCUT2D eigenvalue weighted by molar-refractivity contribution is 5.75. The van der Waals surface area contributed by atoms with Crippen LogP contribution in [0.25, 0.3) is 0 Å². The van der Waals surface area contributed by atoms with Crippen LogP contribution >= 0.6 is 0 Å². The van der Waals surface area contributed by atoms with E-state index < -0.39 is 0 Å². The zero-order chi connectivity index (χ0) is 15.6. The van der Waals surface area contributed by atoms with Crippen molar-refractivity contribution >= 4 is 17.2 Å². The molecule has 1 unspecified atom stereocenters. The zero-order valence-corrected chi connectivity index (χ0v) is 13.5. The first-order chi connectivity index (χ1) is 11.3. The number of benzene rings is 1. The van der Waals surface area contributed by atoms with Gasteiger partial charge in [-0.15, -0.1) is 0 Å². The number of pyridine rings is 1. The first-order valence-electron chi connectivity index (χ1n) is 8.34. The minimum absolute atomic E-state index is 0.201. The van der Waals surface area contributed by atoms with Gasteiger partial charge in [-0.05, 0) is 24.5 Å². The predicted octanol–water partition coefficient (Wildman–Crippen LogP) is 2.93. The Hall–Kier alpha value is -2.27. The van der Waals surface area contributed by atoms with E-state index in [0.717, 1.165) is 31.1 Å². The minimum Gasteiger partial charge on any atom is -0.387 e. The number of nitrogens with one attached hydrogen (secondary N) is 2. The summed E-state index contributed by atoms with van der Waals surface area (Å²) >= 11 is 0. The molecule has 4 rings (SSSR count). The summed E-state index contributed by atoms with van der Waals surface area (Å²) in [5.41, 5.74) is 3.55. The van der Waals surface area contributed by atoms with Crippen LogP contribution in [0, 0.1) is 0 Å². The molecular weight excluding hydrogens is 286 g/mol. The van der Waals surface area contributed by atoms with Crippen LogP contribution in [-0.4, -0.2) is 36.3 Å². The molecule has 0 radical (unpaired) electrons. The SMILES string of the molecule is CNc1cnc2c(c1)N(Cc1ccccc1)C(N1CCCC1)N2. The van der Waals surface area contributed by atoms with E-state index in [1.165, 1.54) is 24.1 Å². The number of nitrogens with zero attached hydrogens (tertiary/aromatic N) is 3. The minimum atomic E-state index is 0.201. The first kappa shape index (κ1) is 14.3. The number of likely N-dealkylation sites (tertiary alicyclic amines) is 1. The van der Waals surface area contributed by atoms with Crippen molar-refractivity contribution in [3.8, 4) is 0 Å². The third-order valence-corrected chi connectivity index (χ3v) is 4.71. The molecule has 0 amide bonds. The number of hydrogen-bond donors (Lipinski definition) is 2. The van der Waals surface area contributed by atoms with Crippen molar-refractivity contribution in [1.82, 2.24) is 9.88 Å². The summed E-state index contributed by atoms with van der Waals surface area (Å²) in [5.74, 6) is 0.983. The average molecular weight is 309 g/mol. The third kappa shape index (κ3) is 2.72. The highest BCUT2D eigenvalue weighted by Crippen LogP contribution is 2.37. The smallest absolute Gasteiger partial charge is 0.159 e. The van der Waals surface area contributed by atoms with Gasteiger partial charge in [0, 0.05) is 26.7 Å². The maximum atomic E-state index is 4.60. The van der Waals surface area contributed by atoms with E-state index in [4.69, 9.17) is 0 Å². The van der Waals surface area contributed by atoms with E-state index in [1.54, 1.807) is 0 Å². The summed E-state index contributed by atoms with van der Waals surface area (Å²) in [5, 5.41) is 6.81. The van der Waals surface area contributed by atoms with Crippen LogP contribution in [0.15, 0.2) is 42.6 Å². The molecule has 3 heterocycles. The van der Waals surface area contributed by atoms with Crippen molar-refractivity contribution in [2.75, 3.05) is 35.7 Å². The Kier molecular flexibility index (Phi) is 3.79. The number of anilines is 3. The molecule has 120 valence electrons. The maximum absolute atomic E-state index is 4.60. The van der Waals surface area contributed by atoms with E-state index in [-0.39, 0.29) is 6.29 Å². The third-order valence-electron chi connectivity index (χ3n) is 4.71. The lowest BCUT2D eigenvalue weighted by molar-refractivity contribution is 0.262. The van der Waals surface area contributed by atoms with Gasteiger partial charge >= 0.3 is 0 Å². The molecule has 1 atom stereocenters. The quantitative estimate of drug-likeness (QED) is 0.909. The summed E-state index contributed by atoms with van der Waals surface area (Å²) in [6.07, 6.45) is 4.65. The molecule has 2 N–H and O–H groups in total. The molecule has 2 aliphatic rings. The number of hydrogen-bond acceptors (Lipinski definition) is 5. The fourth-order valence-electron chi connectivity index (χ4n) is 3.48. The Labute approximate surface area is 137 Å². The van der Waals surface area contributed by atoms with Gasteiger partial charge in [-0.2, -0.15) is 0 Å². The Morgan fingerprint density at radius 3 is 2.74 bits per heavy atom. The highest BCUT2D eigenvalue weighted by atomic mass is 15.5. The highest BCUT2D eigenvalue weighted by Gasteiger charge is 2.35. The van der Waals surface area contributed by atoms with Crippen LogP contribution < -0.4 is 15.5 Å². The lowest BCUT2D eigenvalue weighted by atomic mass is 10.2. The second kappa shape index (κ2) is 6.08. The van der Waals surface area contributed by atoms with Crippen molar-refractivity contribution < 1.29 is 0 Å². The van der Waals surface area contributed by atoms with Crippen LogP contribution in [-0.2, 0) is 6.54 Å². The number of aromatic nitrogens is 1. The van der Waals surface area contributed by atoms with Crippen LogP contribution in [0.2, 0.25) is 0 Å². The second-order valence-corrected chi connectivity index (χ2v) is 6.22. The second-order valence-electron chi connectivity index (χ2n) is 6.22. The summed E-state index contributed by atoms with van der Waals surface area (Å²) in [7, 11) is 1.94. The van der Waals surface area contributed by atoms with Crippen molar-refractivity contribution in [2.24, 2.45) is 0 Å². The summed E-state index contributed by atoms with van der Waals surface area (Å²) in [6.45, 7) is 3.18. The Balaban J connectivity index is 1.67. The van der Waals surface area contributed by atoms with Gasteiger partial charge < -0.3 is 15.5 Å². The van der Waals surface area contributed by atoms with E-state index >= 15 is 0 Å². The van der Waals surface area contributed by atoms with Crippen LogP contribution in [0.1, 0.15) is 18.4 Å². The molecule has 1 saturated heterocycles. The van der Waals surface area contributed by atoms with Crippen molar-refractivity contribution in [2.45, 2.75) is 25.7 Å². The standard InChI is InChI=1S/C18H23N5/c1-19-15-11-16-17(20-12-15)21-18(22-9-5-6-10-22)23(16)13-14-7-3-2-4-8-14/h2-4,7-8,11-12,18-19H,5-6,9-10,13H2,1H3,(H,20,21). The van der Waals surface area contributed by atoms with Gasteiger partial charge in [-0.1, -0.05) is 30.3 Å². The van der Waals surface area contributed by atoms with Crippen molar-refractivity contribution in [3.63, 3.8) is 0 Å². The van der Waals surface area contributed by atoms with E-state index in [2.05, 4.69) is 61.8 Å². The molecule has 0 spiro atoms. The Morgan fingerprint density at radius 2 is 2.00 bits per heavy atom. The van der Waals surface area contributed by atoms with E-state index in [1.807, 2.05) is 13.2 Å². The molecule has 2 aliphatic heterocycles. The number of fused-ring (bicyclic) bond motifs is 1.